The molecule has 1 fully saturated rings. The standard InChI is InChI=1S/C32H35F3O2/c1-3-5-7-8-9-24-15-18-28(32(35)31(24)34)23-13-11-22(12-14-23)25-16-17-27(29(33)19-25)26-20-36-30(37-21-26)10-6-4-2/h4,11-19,26,30H,2-3,5-10,20-21H2,1H3. The minimum atomic E-state index is -0.820. The van der Waals surface area contributed by atoms with Crippen LogP contribution in [0.5, 0.6) is 0 Å². The average Bonchev–Trinajstić information content (AvgIpc) is 2.93. The molecule has 0 saturated carbocycles. The molecule has 2 nitrogen and oxygen atoms in total. The van der Waals surface area contributed by atoms with Gasteiger partial charge in [-0.15, -0.1) is 6.58 Å². The number of aryl methyl sites for hydroxylation is 1. The summed E-state index contributed by atoms with van der Waals surface area (Å²) < 4.78 is 56.0. The molecule has 1 heterocycles. The molecule has 3 aromatic carbocycles. The molecule has 0 aliphatic carbocycles. The molecule has 1 aliphatic heterocycles. The molecule has 0 atom stereocenters. The van der Waals surface area contributed by atoms with Crippen molar-refractivity contribution in [2.24, 2.45) is 0 Å². The zero-order valence-electron chi connectivity index (χ0n) is 21.4. The summed E-state index contributed by atoms with van der Waals surface area (Å²) in [7, 11) is 0. The smallest absolute Gasteiger partial charge is 0.166 e. The fourth-order valence-electron chi connectivity index (χ4n) is 4.77. The Morgan fingerprint density at radius 3 is 2.22 bits per heavy atom. The summed E-state index contributed by atoms with van der Waals surface area (Å²) in [5.74, 6) is -2.06. The predicted molar refractivity (Wildman–Crippen MR) is 143 cm³/mol. The van der Waals surface area contributed by atoms with Gasteiger partial charge in [-0.05, 0) is 53.1 Å². The lowest BCUT2D eigenvalue weighted by atomic mass is 9.94. The molecule has 0 amide bonds. The Morgan fingerprint density at radius 1 is 0.838 bits per heavy atom. The first-order valence-electron chi connectivity index (χ1n) is 13.2. The van der Waals surface area contributed by atoms with Crippen molar-refractivity contribution < 1.29 is 22.6 Å². The maximum absolute atomic E-state index is 15.0. The van der Waals surface area contributed by atoms with Crippen molar-refractivity contribution in [2.45, 2.75) is 64.1 Å². The lowest BCUT2D eigenvalue weighted by Crippen LogP contribution is -2.31. The second-order valence-corrected chi connectivity index (χ2v) is 9.68. The average molecular weight is 509 g/mol. The van der Waals surface area contributed by atoms with Gasteiger partial charge in [0.25, 0.3) is 0 Å². The minimum Gasteiger partial charge on any atom is -0.352 e. The molecule has 0 bridgehead atoms. The Morgan fingerprint density at radius 2 is 1.54 bits per heavy atom. The summed E-state index contributed by atoms with van der Waals surface area (Å²) >= 11 is 0. The molecule has 1 aliphatic rings. The fourth-order valence-corrected chi connectivity index (χ4v) is 4.77. The number of rotatable bonds is 11. The first-order chi connectivity index (χ1) is 18.0. The maximum atomic E-state index is 15.0. The molecule has 5 heteroatoms. The summed E-state index contributed by atoms with van der Waals surface area (Å²) in [6.07, 6.45) is 7.71. The topological polar surface area (TPSA) is 18.5 Å². The van der Waals surface area contributed by atoms with Crippen LogP contribution >= 0.6 is 0 Å². The lowest BCUT2D eigenvalue weighted by Gasteiger charge is -2.29. The fraction of sp³-hybridized carbons (Fsp3) is 0.375. The SMILES string of the molecule is C=CCCC1OCC(c2ccc(-c3ccc(-c4ccc(CCCCCC)c(F)c4F)cc3)cc2F)CO1. The van der Waals surface area contributed by atoms with E-state index in [1.165, 1.54) is 6.07 Å². The lowest BCUT2D eigenvalue weighted by molar-refractivity contribution is -0.189. The Kier molecular flexibility index (Phi) is 9.59. The molecule has 0 radical (unpaired) electrons. The van der Waals surface area contributed by atoms with Gasteiger partial charge in [-0.3, -0.25) is 0 Å². The van der Waals surface area contributed by atoms with Crippen LogP contribution in [0.4, 0.5) is 13.2 Å². The van der Waals surface area contributed by atoms with Crippen molar-refractivity contribution in [3.8, 4) is 22.3 Å². The third-order valence-electron chi connectivity index (χ3n) is 7.00. The van der Waals surface area contributed by atoms with E-state index < -0.39 is 11.6 Å². The van der Waals surface area contributed by atoms with Gasteiger partial charge >= 0.3 is 0 Å². The van der Waals surface area contributed by atoms with Gasteiger partial charge in [0.1, 0.15) is 5.82 Å². The van der Waals surface area contributed by atoms with E-state index in [4.69, 9.17) is 9.47 Å². The highest BCUT2D eigenvalue weighted by molar-refractivity contribution is 5.71. The van der Waals surface area contributed by atoms with Gasteiger partial charge in [-0.2, -0.15) is 0 Å². The number of hydrogen-bond donors (Lipinski definition) is 0. The van der Waals surface area contributed by atoms with Crippen LogP contribution in [0.3, 0.4) is 0 Å². The Balaban J connectivity index is 1.43. The quantitative estimate of drug-likeness (QED) is 0.190. The van der Waals surface area contributed by atoms with Crippen LogP contribution in [-0.4, -0.2) is 19.5 Å². The maximum Gasteiger partial charge on any atom is 0.166 e. The van der Waals surface area contributed by atoms with E-state index >= 15 is 4.39 Å². The number of ether oxygens (including phenoxy) is 2. The number of allylic oxidation sites excluding steroid dienone is 1. The van der Waals surface area contributed by atoms with Crippen LogP contribution in [0.1, 0.15) is 62.5 Å². The number of unbranched alkanes of at least 4 members (excludes halogenated alkanes) is 3. The van der Waals surface area contributed by atoms with Gasteiger partial charge in [-0.25, -0.2) is 13.2 Å². The van der Waals surface area contributed by atoms with Crippen LogP contribution < -0.4 is 0 Å². The number of hydrogen-bond acceptors (Lipinski definition) is 2. The third kappa shape index (κ3) is 6.71. The van der Waals surface area contributed by atoms with Gasteiger partial charge in [0.15, 0.2) is 17.9 Å². The summed E-state index contributed by atoms with van der Waals surface area (Å²) in [5, 5.41) is 0. The molecule has 0 unspecified atom stereocenters. The zero-order valence-corrected chi connectivity index (χ0v) is 21.4. The molecule has 4 rings (SSSR count). The third-order valence-corrected chi connectivity index (χ3v) is 7.00. The largest absolute Gasteiger partial charge is 0.352 e. The van der Waals surface area contributed by atoms with Crippen molar-refractivity contribution in [1.82, 2.24) is 0 Å². The molecule has 0 spiro atoms. The summed E-state index contributed by atoms with van der Waals surface area (Å²) in [5.41, 5.74) is 3.30. The molecule has 196 valence electrons. The van der Waals surface area contributed by atoms with E-state index in [1.807, 2.05) is 12.1 Å². The normalized spacial score (nSPS) is 17.6. The molecular weight excluding hydrogens is 473 g/mol. The molecule has 37 heavy (non-hydrogen) atoms. The highest BCUT2D eigenvalue weighted by Crippen LogP contribution is 2.32. The van der Waals surface area contributed by atoms with Crippen molar-refractivity contribution in [3.63, 3.8) is 0 Å². The molecule has 0 aromatic heterocycles. The molecule has 0 N–H and O–H groups in total. The van der Waals surface area contributed by atoms with Crippen molar-refractivity contribution >= 4 is 0 Å². The number of benzene rings is 3. The van der Waals surface area contributed by atoms with E-state index in [2.05, 4.69) is 13.5 Å². The minimum absolute atomic E-state index is 0.163. The highest BCUT2D eigenvalue weighted by Gasteiger charge is 2.25. The van der Waals surface area contributed by atoms with E-state index in [9.17, 15) is 8.78 Å². The Labute approximate surface area is 218 Å². The zero-order chi connectivity index (χ0) is 26.2. The summed E-state index contributed by atoms with van der Waals surface area (Å²) in [6.45, 7) is 6.64. The van der Waals surface area contributed by atoms with Crippen molar-refractivity contribution in [2.75, 3.05) is 13.2 Å². The van der Waals surface area contributed by atoms with Gasteiger partial charge in [-0.1, -0.05) is 80.8 Å². The monoisotopic (exact) mass is 508 g/mol. The Bertz CT molecular complexity index is 1180. The molecule has 1 saturated heterocycles. The van der Waals surface area contributed by atoms with Crippen LogP contribution in [0, 0.1) is 17.5 Å². The number of halogens is 3. The first-order valence-corrected chi connectivity index (χ1v) is 13.2. The van der Waals surface area contributed by atoms with Crippen molar-refractivity contribution in [1.29, 1.82) is 0 Å². The Hall–Kier alpha value is -2.89. The van der Waals surface area contributed by atoms with Gasteiger partial charge in [0.2, 0.25) is 0 Å². The van der Waals surface area contributed by atoms with E-state index in [1.54, 1.807) is 42.5 Å². The van der Waals surface area contributed by atoms with Gasteiger partial charge < -0.3 is 9.47 Å². The molecule has 3 aromatic rings. The van der Waals surface area contributed by atoms with Gasteiger partial charge in [0, 0.05) is 17.9 Å². The van der Waals surface area contributed by atoms with E-state index in [0.29, 0.717) is 41.9 Å². The highest BCUT2D eigenvalue weighted by atomic mass is 19.2. The molecular formula is C32H35F3O2. The predicted octanol–water partition coefficient (Wildman–Crippen LogP) is 8.98. The first kappa shape index (κ1) is 27.2. The van der Waals surface area contributed by atoms with E-state index in [0.717, 1.165) is 44.1 Å². The second-order valence-electron chi connectivity index (χ2n) is 9.68. The summed E-state index contributed by atoms with van der Waals surface area (Å²) in [6, 6.07) is 15.6. The van der Waals surface area contributed by atoms with Crippen molar-refractivity contribution in [3.05, 3.63) is 95.8 Å². The van der Waals surface area contributed by atoms with Crippen LogP contribution in [-0.2, 0) is 15.9 Å². The van der Waals surface area contributed by atoms with Crippen LogP contribution in [0.15, 0.2) is 67.3 Å². The van der Waals surface area contributed by atoms with Crippen LogP contribution in [0.25, 0.3) is 22.3 Å². The summed E-state index contributed by atoms with van der Waals surface area (Å²) in [4.78, 5) is 0. The second kappa shape index (κ2) is 13.1. The van der Waals surface area contributed by atoms with Crippen LogP contribution in [0.2, 0.25) is 0 Å². The van der Waals surface area contributed by atoms with E-state index in [-0.39, 0.29) is 23.6 Å². The van der Waals surface area contributed by atoms with Gasteiger partial charge in [0.05, 0.1) is 13.2 Å².